The van der Waals surface area contributed by atoms with Crippen LogP contribution in [-0.2, 0) is 10.4 Å². The zero-order chi connectivity index (χ0) is 15.9. The summed E-state index contributed by atoms with van der Waals surface area (Å²) in [4.78, 5) is 34.3. The summed E-state index contributed by atoms with van der Waals surface area (Å²) in [7, 11) is 0. The van der Waals surface area contributed by atoms with Crippen molar-refractivity contribution in [2.45, 2.75) is 12.0 Å². The van der Waals surface area contributed by atoms with Crippen LogP contribution in [0.25, 0.3) is 0 Å². The summed E-state index contributed by atoms with van der Waals surface area (Å²) in [5.74, 6) is -1.38. The largest absolute Gasteiger partial charge is 0.461 e. The molecule has 8 nitrogen and oxygen atoms in total. The Labute approximate surface area is 123 Å². The fourth-order valence-corrected chi connectivity index (χ4v) is 2.38. The lowest BCUT2D eigenvalue weighted by Gasteiger charge is -2.19. The molecule has 1 aromatic heterocycles. The van der Waals surface area contributed by atoms with Gasteiger partial charge in [0.15, 0.2) is 11.4 Å². The Morgan fingerprint density at radius 1 is 1.41 bits per heavy atom. The molecule has 0 saturated carbocycles. The number of nitrogens with zero attached hydrogens (tertiary/aromatic N) is 1. The number of hydrogen-bond donors (Lipinski definition) is 2. The quantitative estimate of drug-likeness (QED) is 0.502. The van der Waals surface area contributed by atoms with Crippen molar-refractivity contribution in [3.63, 3.8) is 0 Å². The molecule has 112 valence electrons. The molecule has 0 aliphatic carbocycles. The summed E-state index contributed by atoms with van der Waals surface area (Å²) in [6.45, 7) is 0. The summed E-state index contributed by atoms with van der Waals surface area (Å²) in [5.41, 5.74) is -2.19. The summed E-state index contributed by atoms with van der Waals surface area (Å²) in [6.07, 6.45) is 0.727. The van der Waals surface area contributed by atoms with Gasteiger partial charge >= 0.3 is 0 Å². The number of benzene rings is 1. The number of furan rings is 1. The molecule has 2 aromatic rings. The van der Waals surface area contributed by atoms with Crippen LogP contribution in [0.2, 0.25) is 0 Å². The van der Waals surface area contributed by atoms with Gasteiger partial charge in [-0.05, 0) is 18.2 Å². The van der Waals surface area contributed by atoms with Crippen molar-refractivity contribution in [2.75, 3.05) is 5.32 Å². The highest BCUT2D eigenvalue weighted by atomic mass is 16.6. The van der Waals surface area contributed by atoms with E-state index in [2.05, 4.69) is 5.32 Å². The molecule has 1 aliphatic rings. The van der Waals surface area contributed by atoms with Gasteiger partial charge in [-0.3, -0.25) is 19.7 Å². The smallest absolute Gasteiger partial charge is 0.269 e. The summed E-state index contributed by atoms with van der Waals surface area (Å²) >= 11 is 0. The fraction of sp³-hybridized carbons (Fsp3) is 0.143. The van der Waals surface area contributed by atoms with E-state index in [1.54, 1.807) is 0 Å². The highest BCUT2D eigenvalue weighted by Crippen LogP contribution is 2.40. The Bertz CT molecular complexity index is 783. The van der Waals surface area contributed by atoms with E-state index >= 15 is 0 Å². The second kappa shape index (κ2) is 4.78. The molecule has 0 fully saturated rings. The number of carbonyl (C=O) groups is 2. The van der Waals surface area contributed by atoms with Crippen LogP contribution in [0, 0.1) is 10.1 Å². The minimum Gasteiger partial charge on any atom is -0.461 e. The van der Waals surface area contributed by atoms with Gasteiger partial charge in [0.05, 0.1) is 17.6 Å². The van der Waals surface area contributed by atoms with Gasteiger partial charge < -0.3 is 14.8 Å². The minimum atomic E-state index is -2.16. The van der Waals surface area contributed by atoms with E-state index in [4.69, 9.17) is 4.42 Å². The minimum absolute atomic E-state index is 0.0000980. The Morgan fingerprint density at radius 3 is 2.82 bits per heavy atom. The van der Waals surface area contributed by atoms with E-state index in [-0.39, 0.29) is 22.7 Å². The maximum atomic E-state index is 12.1. The number of rotatable bonds is 4. The lowest BCUT2D eigenvalue weighted by atomic mass is 9.89. The van der Waals surface area contributed by atoms with Crippen LogP contribution in [-0.4, -0.2) is 21.7 Å². The van der Waals surface area contributed by atoms with E-state index in [0.717, 1.165) is 6.07 Å². The maximum Gasteiger partial charge on any atom is 0.269 e. The van der Waals surface area contributed by atoms with Crippen molar-refractivity contribution >= 4 is 23.1 Å². The molecular weight excluding hydrogens is 292 g/mol. The van der Waals surface area contributed by atoms with Crippen molar-refractivity contribution in [1.29, 1.82) is 0 Å². The average Bonchev–Trinajstić information content (AvgIpc) is 3.07. The highest BCUT2D eigenvalue weighted by molar-refractivity contribution is 6.09. The van der Waals surface area contributed by atoms with Crippen LogP contribution in [0.5, 0.6) is 0 Å². The van der Waals surface area contributed by atoms with Crippen LogP contribution in [0.3, 0.4) is 0 Å². The van der Waals surface area contributed by atoms with Crippen molar-refractivity contribution in [2.24, 2.45) is 0 Å². The van der Waals surface area contributed by atoms with Gasteiger partial charge in [-0.15, -0.1) is 0 Å². The average molecular weight is 302 g/mol. The third-order valence-corrected chi connectivity index (χ3v) is 3.50. The lowest BCUT2D eigenvalue weighted by Crippen LogP contribution is -2.36. The zero-order valence-corrected chi connectivity index (χ0v) is 11.1. The second-order valence-corrected chi connectivity index (χ2v) is 4.88. The predicted octanol–water partition coefficient (Wildman–Crippen LogP) is 1.60. The van der Waals surface area contributed by atoms with Gasteiger partial charge in [0.25, 0.3) is 11.6 Å². The Kier molecular flexibility index (Phi) is 3.03. The van der Waals surface area contributed by atoms with Gasteiger partial charge in [-0.2, -0.15) is 0 Å². The number of aliphatic hydroxyl groups is 1. The van der Waals surface area contributed by atoms with Gasteiger partial charge in [0, 0.05) is 23.4 Å². The molecule has 8 heteroatoms. The predicted molar refractivity (Wildman–Crippen MR) is 73.3 cm³/mol. The molecule has 22 heavy (non-hydrogen) atoms. The van der Waals surface area contributed by atoms with E-state index in [0.29, 0.717) is 0 Å². The number of anilines is 1. The molecule has 0 unspecified atom stereocenters. The zero-order valence-electron chi connectivity index (χ0n) is 11.1. The number of nitro groups is 1. The van der Waals surface area contributed by atoms with Gasteiger partial charge in [-0.1, -0.05) is 0 Å². The standard InChI is InChI=1S/C14H10N2O6/c17-11(12-2-1-5-22-12)7-14(19)9-6-8(16(20)21)3-4-10(9)15-13(14)18/h1-6,19H,7H2,(H,15,18)/t14-/m0/s1. The van der Waals surface area contributed by atoms with E-state index in [1.165, 1.54) is 30.5 Å². The summed E-state index contributed by atoms with van der Waals surface area (Å²) in [6, 6.07) is 6.53. The molecule has 3 rings (SSSR count). The summed E-state index contributed by atoms with van der Waals surface area (Å²) in [5, 5.41) is 23.8. The molecule has 2 heterocycles. The number of fused-ring (bicyclic) bond motifs is 1. The van der Waals surface area contributed by atoms with Crippen LogP contribution in [0.1, 0.15) is 22.5 Å². The molecule has 0 radical (unpaired) electrons. The van der Waals surface area contributed by atoms with Gasteiger partial charge in [0.1, 0.15) is 0 Å². The Balaban J connectivity index is 2.00. The van der Waals surface area contributed by atoms with Crippen molar-refractivity contribution < 1.29 is 24.0 Å². The normalized spacial score (nSPS) is 19.6. The number of amides is 1. The first-order valence-corrected chi connectivity index (χ1v) is 6.31. The number of ketones is 1. The first-order chi connectivity index (χ1) is 10.4. The van der Waals surface area contributed by atoms with Gasteiger partial charge in [0.2, 0.25) is 5.78 Å². The van der Waals surface area contributed by atoms with Crippen LogP contribution < -0.4 is 5.32 Å². The maximum absolute atomic E-state index is 12.1. The highest BCUT2D eigenvalue weighted by Gasteiger charge is 2.47. The number of hydrogen-bond acceptors (Lipinski definition) is 6. The van der Waals surface area contributed by atoms with E-state index in [9.17, 15) is 24.8 Å². The molecule has 0 saturated heterocycles. The first kappa shape index (κ1) is 14.0. The number of nitro benzene ring substituents is 1. The monoisotopic (exact) mass is 302 g/mol. The summed E-state index contributed by atoms with van der Waals surface area (Å²) < 4.78 is 4.94. The molecule has 1 atom stereocenters. The third-order valence-electron chi connectivity index (χ3n) is 3.50. The van der Waals surface area contributed by atoms with Crippen LogP contribution in [0.4, 0.5) is 11.4 Å². The number of non-ortho nitro benzene ring substituents is 1. The Morgan fingerprint density at radius 2 is 2.18 bits per heavy atom. The Hall–Kier alpha value is -3.00. The lowest BCUT2D eigenvalue weighted by molar-refractivity contribution is -0.385. The van der Waals surface area contributed by atoms with Crippen molar-refractivity contribution in [3.05, 3.63) is 58.0 Å². The first-order valence-electron chi connectivity index (χ1n) is 6.31. The van der Waals surface area contributed by atoms with Crippen LogP contribution >= 0.6 is 0 Å². The van der Waals surface area contributed by atoms with E-state index < -0.39 is 28.6 Å². The topological polar surface area (TPSA) is 123 Å². The van der Waals surface area contributed by atoms with Crippen molar-refractivity contribution in [3.8, 4) is 0 Å². The molecule has 0 spiro atoms. The van der Waals surface area contributed by atoms with Crippen molar-refractivity contribution in [1.82, 2.24) is 0 Å². The molecule has 1 amide bonds. The second-order valence-electron chi connectivity index (χ2n) is 4.88. The fourth-order valence-electron chi connectivity index (χ4n) is 2.38. The molecule has 2 N–H and O–H groups in total. The number of Topliss-reactive ketones (excluding diaryl/α,β-unsaturated/α-hetero) is 1. The van der Waals surface area contributed by atoms with Crippen LogP contribution in [0.15, 0.2) is 41.0 Å². The molecular formula is C14H10N2O6. The molecule has 1 aromatic carbocycles. The molecule has 0 bridgehead atoms. The number of nitrogens with one attached hydrogen (secondary N) is 1. The van der Waals surface area contributed by atoms with E-state index in [1.807, 2.05) is 0 Å². The van der Waals surface area contributed by atoms with Gasteiger partial charge in [-0.25, -0.2) is 0 Å². The number of carbonyl (C=O) groups excluding carboxylic acids is 2. The molecule has 1 aliphatic heterocycles. The third kappa shape index (κ3) is 2.06. The SMILES string of the molecule is O=C(C[C@@]1(O)C(=O)Nc2ccc([N+](=O)[O-])cc21)c1ccco1.